The van der Waals surface area contributed by atoms with E-state index in [0.29, 0.717) is 13.0 Å². The molecular formula is C10H16F3N3. The molecule has 0 aromatic carbocycles. The maximum Gasteiger partial charge on any atom is 0.403 e. The Hall–Kier alpha value is -1.04. The van der Waals surface area contributed by atoms with Crippen molar-refractivity contribution >= 4 is 0 Å². The van der Waals surface area contributed by atoms with E-state index in [1.165, 1.54) is 0 Å². The first kappa shape index (κ1) is 13.0. The van der Waals surface area contributed by atoms with Crippen LogP contribution >= 0.6 is 0 Å². The van der Waals surface area contributed by atoms with Gasteiger partial charge in [0.25, 0.3) is 0 Å². The minimum absolute atomic E-state index is 0.0386. The number of aryl methyl sites for hydroxylation is 2. The van der Waals surface area contributed by atoms with Crippen molar-refractivity contribution in [3.63, 3.8) is 0 Å². The normalized spacial score (nSPS) is 14.1. The van der Waals surface area contributed by atoms with Gasteiger partial charge in [0.1, 0.15) is 6.04 Å². The molecule has 0 fully saturated rings. The number of hydrogen-bond donors (Lipinski definition) is 1. The first-order chi connectivity index (χ1) is 7.45. The fraction of sp³-hybridized carbons (Fsp3) is 0.700. The number of aromatic nitrogens is 2. The Morgan fingerprint density at radius 2 is 2.19 bits per heavy atom. The summed E-state index contributed by atoms with van der Waals surface area (Å²) in [6, 6.07) is 0.298. The van der Waals surface area contributed by atoms with Crippen LogP contribution in [0.2, 0.25) is 0 Å². The van der Waals surface area contributed by atoms with Gasteiger partial charge in [0.05, 0.1) is 0 Å². The van der Waals surface area contributed by atoms with Crippen LogP contribution in [0.4, 0.5) is 13.2 Å². The highest BCUT2D eigenvalue weighted by atomic mass is 19.4. The Labute approximate surface area is 92.6 Å². The molecule has 1 unspecified atom stereocenters. The molecule has 1 N–H and O–H groups in total. The zero-order valence-electron chi connectivity index (χ0n) is 9.38. The number of halogens is 3. The fourth-order valence-electron chi connectivity index (χ4n) is 1.57. The van der Waals surface area contributed by atoms with Crippen LogP contribution in [-0.2, 0) is 13.5 Å². The summed E-state index contributed by atoms with van der Waals surface area (Å²) in [6.07, 6.45) is -2.19. The van der Waals surface area contributed by atoms with Crippen molar-refractivity contribution in [2.24, 2.45) is 7.05 Å². The largest absolute Gasteiger partial charge is 0.403 e. The van der Waals surface area contributed by atoms with Crippen LogP contribution in [0.25, 0.3) is 0 Å². The van der Waals surface area contributed by atoms with Gasteiger partial charge in [-0.15, -0.1) is 0 Å². The predicted molar refractivity (Wildman–Crippen MR) is 55.0 cm³/mol. The number of nitrogens with zero attached hydrogens (tertiary/aromatic N) is 2. The molecule has 1 aromatic rings. The summed E-state index contributed by atoms with van der Waals surface area (Å²) in [5, 5.41) is 6.37. The van der Waals surface area contributed by atoms with Crippen molar-refractivity contribution < 1.29 is 13.2 Å². The lowest BCUT2D eigenvalue weighted by Crippen LogP contribution is -2.42. The van der Waals surface area contributed by atoms with Crippen molar-refractivity contribution in [1.29, 1.82) is 0 Å². The van der Waals surface area contributed by atoms with Crippen molar-refractivity contribution in [2.75, 3.05) is 6.54 Å². The molecule has 16 heavy (non-hydrogen) atoms. The second-order valence-electron chi connectivity index (χ2n) is 3.64. The van der Waals surface area contributed by atoms with Gasteiger partial charge in [-0.2, -0.15) is 18.3 Å². The summed E-state index contributed by atoms with van der Waals surface area (Å²) in [6.45, 7) is 1.98. The zero-order chi connectivity index (χ0) is 12.2. The molecule has 0 radical (unpaired) electrons. The molecule has 1 atom stereocenters. The Morgan fingerprint density at radius 3 is 2.62 bits per heavy atom. The van der Waals surface area contributed by atoms with Gasteiger partial charge in [-0.1, -0.05) is 6.92 Å². The van der Waals surface area contributed by atoms with Gasteiger partial charge in [0, 0.05) is 18.9 Å². The minimum Gasteiger partial charge on any atom is -0.306 e. The Kier molecular flexibility index (Phi) is 4.35. The molecule has 0 saturated carbocycles. The van der Waals surface area contributed by atoms with Crippen molar-refractivity contribution in [1.82, 2.24) is 15.1 Å². The highest BCUT2D eigenvalue weighted by Crippen LogP contribution is 2.23. The van der Waals surface area contributed by atoms with Gasteiger partial charge in [0.15, 0.2) is 0 Å². The van der Waals surface area contributed by atoms with E-state index in [-0.39, 0.29) is 6.42 Å². The van der Waals surface area contributed by atoms with E-state index >= 15 is 0 Å². The molecule has 0 amide bonds. The third-order valence-electron chi connectivity index (χ3n) is 2.46. The monoisotopic (exact) mass is 235 g/mol. The van der Waals surface area contributed by atoms with E-state index in [1.54, 1.807) is 30.9 Å². The molecule has 1 heterocycles. The molecule has 92 valence electrons. The lowest BCUT2D eigenvalue weighted by atomic mass is 10.1. The summed E-state index contributed by atoms with van der Waals surface area (Å²) in [7, 11) is 1.73. The fourth-order valence-corrected chi connectivity index (χ4v) is 1.57. The summed E-state index contributed by atoms with van der Waals surface area (Å²) in [4.78, 5) is 0. The predicted octanol–water partition coefficient (Wildman–Crippen LogP) is 1.89. The van der Waals surface area contributed by atoms with Gasteiger partial charge in [0.2, 0.25) is 0 Å². The maximum absolute atomic E-state index is 12.6. The third kappa shape index (κ3) is 3.52. The molecule has 1 rings (SSSR count). The number of alkyl halides is 3. The molecule has 0 aliphatic carbocycles. The van der Waals surface area contributed by atoms with Crippen molar-refractivity contribution in [3.05, 3.63) is 18.0 Å². The van der Waals surface area contributed by atoms with Gasteiger partial charge in [-0.3, -0.25) is 4.68 Å². The van der Waals surface area contributed by atoms with Crippen LogP contribution in [-0.4, -0.2) is 28.5 Å². The van der Waals surface area contributed by atoms with Crippen LogP contribution in [0, 0.1) is 0 Å². The average Bonchev–Trinajstić information content (AvgIpc) is 2.57. The SMILES string of the molecule is CCNC(CCc1ccnn1C)C(F)(F)F. The van der Waals surface area contributed by atoms with Crippen LogP contribution in [0.15, 0.2) is 12.3 Å². The third-order valence-corrected chi connectivity index (χ3v) is 2.46. The lowest BCUT2D eigenvalue weighted by molar-refractivity contribution is -0.156. The molecule has 0 saturated heterocycles. The highest BCUT2D eigenvalue weighted by molar-refractivity contribution is 5.00. The van der Waals surface area contributed by atoms with Gasteiger partial charge < -0.3 is 5.32 Å². The summed E-state index contributed by atoms with van der Waals surface area (Å²) in [5.41, 5.74) is 0.812. The Bertz CT molecular complexity index is 319. The maximum atomic E-state index is 12.6. The topological polar surface area (TPSA) is 29.9 Å². The summed E-state index contributed by atoms with van der Waals surface area (Å²) in [5.74, 6) is 0. The number of nitrogens with one attached hydrogen (secondary N) is 1. The smallest absolute Gasteiger partial charge is 0.306 e. The summed E-state index contributed by atoms with van der Waals surface area (Å²) >= 11 is 0. The number of rotatable bonds is 5. The summed E-state index contributed by atoms with van der Waals surface area (Å²) < 4.78 is 39.3. The second-order valence-corrected chi connectivity index (χ2v) is 3.64. The van der Waals surface area contributed by atoms with E-state index in [1.807, 2.05) is 0 Å². The van der Waals surface area contributed by atoms with E-state index in [2.05, 4.69) is 10.4 Å². The molecule has 1 aromatic heterocycles. The van der Waals surface area contributed by atoms with E-state index < -0.39 is 12.2 Å². The van der Waals surface area contributed by atoms with Crippen LogP contribution in [0.1, 0.15) is 19.0 Å². The van der Waals surface area contributed by atoms with Gasteiger partial charge >= 0.3 is 6.18 Å². The van der Waals surface area contributed by atoms with E-state index in [4.69, 9.17) is 0 Å². The molecule has 0 aliphatic rings. The molecule has 0 spiro atoms. The standard InChI is InChI=1S/C10H16F3N3/c1-3-14-9(10(11,12)13)5-4-8-6-7-15-16(8)2/h6-7,9,14H,3-5H2,1-2H3. The minimum atomic E-state index is -4.19. The van der Waals surface area contributed by atoms with E-state index in [9.17, 15) is 13.2 Å². The average molecular weight is 235 g/mol. The van der Waals surface area contributed by atoms with Crippen molar-refractivity contribution in [2.45, 2.75) is 32.0 Å². The van der Waals surface area contributed by atoms with Gasteiger partial charge in [-0.05, 0) is 25.5 Å². The van der Waals surface area contributed by atoms with Crippen LogP contribution in [0.5, 0.6) is 0 Å². The van der Waals surface area contributed by atoms with Crippen LogP contribution < -0.4 is 5.32 Å². The first-order valence-corrected chi connectivity index (χ1v) is 5.22. The molecule has 3 nitrogen and oxygen atoms in total. The highest BCUT2D eigenvalue weighted by Gasteiger charge is 2.38. The van der Waals surface area contributed by atoms with Gasteiger partial charge in [-0.25, -0.2) is 0 Å². The lowest BCUT2D eigenvalue weighted by Gasteiger charge is -2.20. The molecular weight excluding hydrogens is 219 g/mol. The Balaban J connectivity index is 2.54. The number of hydrogen-bond acceptors (Lipinski definition) is 2. The van der Waals surface area contributed by atoms with Crippen LogP contribution in [0.3, 0.4) is 0 Å². The van der Waals surface area contributed by atoms with Crippen molar-refractivity contribution in [3.8, 4) is 0 Å². The quantitative estimate of drug-likeness (QED) is 0.844. The second kappa shape index (κ2) is 5.34. The molecule has 0 bridgehead atoms. The first-order valence-electron chi connectivity index (χ1n) is 5.22. The zero-order valence-corrected chi connectivity index (χ0v) is 9.38. The molecule has 6 heteroatoms. The van der Waals surface area contributed by atoms with E-state index in [0.717, 1.165) is 5.69 Å². The Morgan fingerprint density at radius 1 is 1.50 bits per heavy atom. The molecule has 0 aliphatic heterocycles.